The van der Waals surface area contributed by atoms with Gasteiger partial charge >= 0.3 is 5.97 Å². The fourth-order valence-electron chi connectivity index (χ4n) is 2.96. The second-order valence-corrected chi connectivity index (χ2v) is 8.23. The molecule has 31 heavy (non-hydrogen) atoms. The molecule has 3 aromatic carbocycles. The van der Waals surface area contributed by atoms with E-state index >= 15 is 0 Å². The van der Waals surface area contributed by atoms with Gasteiger partial charge in [0.2, 0.25) is 0 Å². The number of anilines is 1. The van der Waals surface area contributed by atoms with E-state index in [1.807, 2.05) is 38.1 Å². The number of carbonyl (C=O) groups is 1. The molecule has 3 aromatic rings. The number of rotatable bonds is 9. The number of benzene rings is 3. The summed E-state index contributed by atoms with van der Waals surface area (Å²) in [6, 6.07) is 16.6. The van der Waals surface area contributed by atoms with Crippen LogP contribution in [-0.4, -0.2) is 17.7 Å². The third kappa shape index (κ3) is 6.15. The second kappa shape index (κ2) is 10.6. The van der Waals surface area contributed by atoms with Crippen LogP contribution in [-0.2, 0) is 13.2 Å². The standard InChI is InChI=1S/C24H23BrClNO4/c1-3-30-22-11-17(13-27-21-12-18(24(28)29)8-9-20(21)26)10-19(25)23(22)31-14-16-6-4-15(2)5-7-16/h4-12,27H,3,13-14H2,1-2H3,(H,28,29). The maximum absolute atomic E-state index is 11.2. The molecule has 3 rings (SSSR count). The zero-order valence-electron chi connectivity index (χ0n) is 17.2. The average molecular weight is 505 g/mol. The van der Waals surface area contributed by atoms with Crippen LogP contribution in [0.5, 0.6) is 11.5 Å². The molecule has 0 saturated carbocycles. The first kappa shape index (κ1) is 23.0. The van der Waals surface area contributed by atoms with Gasteiger partial charge in [0.25, 0.3) is 0 Å². The summed E-state index contributed by atoms with van der Waals surface area (Å²) in [7, 11) is 0. The van der Waals surface area contributed by atoms with E-state index in [0.717, 1.165) is 15.6 Å². The van der Waals surface area contributed by atoms with Crippen LogP contribution in [0.3, 0.4) is 0 Å². The zero-order valence-corrected chi connectivity index (χ0v) is 19.6. The topological polar surface area (TPSA) is 67.8 Å². The highest BCUT2D eigenvalue weighted by molar-refractivity contribution is 9.10. The highest BCUT2D eigenvalue weighted by Gasteiger charge is 2.14. The number of aromatic carboxylic acids is 1. The van der Waals surface area contributed by atoms with E-state index in [-0.39, 0.29) is 5.56 Å². The fourth-order valence-corrected chi connectivity index (χ4v) is 3.75. The number of carboxylic acid groups (broad SMARTS) is 1. The number of ether oxygens (including phenoxy) is 2. The third-order valence-corrected chi connectivity index (χ3v) is 5.49. The first-order valence-electron chi connectivity index (χ1n) is 9.77. The number of hydrogen-bond donors (Lipinski definition) is 2. The number of carboxylic acids is 1. The quantitative estimate of drug-likeness (QED) is 0.339. The second-order valence-electron chi connectivity index (χ2n) is 6.97. The van der Waals surface area contributed by atoms with Gasteiger partial charge in [-0.05, 0) is 71.2 Å². The molecule has 0 bridgehead atoms. The molecule has 0 heterocycles. The van der Waals surface area contributed by atoms with Gasteiger partial charge in [-0.15, -0.1) is 0 Å². The van der Waals surface area contributed by atoms with Gasteiger partial charge in [-0.3, -0.25) is 0 Å². The lowest BCUT2D eigenvalue weighted by molar-refractivity contribution is 0.0697. The Labute approximate surface area is 195 Å². The van der Waals surface area contributed by atoms with Crippen LogP contribution < -0.4 is 14.8 Å². The zero-order chi connectivity index (χ0) is 22.4. The summed E-state index contributed by atoms with van der Waals surface area (Å²) >= 11 is 9.79. The first-order valence-corrected chi connectivity index (χ1v) is 10.9. The third-order valence-electron chi connectivity index (χ3n) is 4.57. The van der Waals surface area contributed by atoms with Crippen molar-refractivity contribution < 1.29 is 19.4 Å². The molecule has 0 aliphatic heterocycles. The first-order chi connectivity index (χ1) is 14.9. The van der Waals surface area contributed by atoms with Crippen LogP contribution in [0.25, 0.3) is 0 Å². The minimum atomic E-state index is -1.00. The van der Waals surface area contributed by atoms with Gasteiger partial charge in [-0.2, -0.15) is 0 Å². The van der Waals surface area contributed by atoms with Crippen LogP contribution in [0.15, 0.2) is 59.1 Å². The van der Waals surface area contributed by atoms with Crippen molar-refractivity contribution >= 4 is 39.2 Å². The van der Waals surface area contributed by atoms with Gasteiger partial charge < -0.3 is 19.9 Å². The van der Waals surface area contributed by atoms with Crippen LogP contribution in [0.2, 0.25) is 5.02 Å². The van der Waals surface area contributed by atoms with Crippen molar-refractivity contribution in [3.8, 4) is 11.5 Å². The summed E-state index contributed by atoms with van der Waals surface area (Å²) < 4.78 is 12.6. The van der Waals surface area contributed by atoms with Crippen molar-refractivity contribution in [1.82, 2.24) is 0 Å². The summed E-state index contributed by atoms with van der Waals surface area (Å²) in [5, 5.41) is 12.8. The van der Waals surface area contributed by atoms with Gasteiger partial charge in [0.1, 0.15) is 6.61 Å². The highest BCUT2D eigenvalue weighted by atomic mass is 79.9. The molecule has 0 fully saturated rings. The lowest BCUT2D eigenvalue weighted by Crippen LogP contribution is -2.05. The molecule has 5 nitrogen and oxygen atoms in total. The van der Waals surface area contributed by atoms with Crippen LogP contribution in [0, 0.1) is 6.92 Å². The normalized spacial score (nSPS) is 10.6. The van der Waals surface area contributed by atoms with Gasteiger partial charge in [0.05, 0.1) is 27.4 Å². The van der Waals surface area contributed by atoms with Crippen LogP contribution in [0.4, 0.5) is 5.69 Å². The molecule has 0 aromatic heterocycles. The Bertz CT molecular complexity index is 1070. The Morgan fingerprint density at radius 3 is 2.48 bits per heavy atom. The van der Waals surface area contributed by atoms with Gasteiger partial charge in [-0.25, -0.2) is 4.79 Å². The van der Waals surface area contributed by atoms with E-state index in [9.17, 15) is 9.90 Å². The molecular formula is C24H23BrClNO4. The molecule has 0 amide bonds. The number of hydrogen-bond acceptors (Lipinski definition) is 4. The van der Waals surface area contributed by atoms with Gasteiger partial charge in [-0.1, -0.05) is 41.4 Å². The van der Waals surface area contributed by atoms with E-state index in [2.05, 4.69) is 33.4 Å². The maximum atomic E-state index is 11.2. The average Bonchev–Trinajstić information content (AvgIpc) is 2.74. The van der Waals surface area contributed by atoms with E-state index in [1.165, 1.54) is 17.7 Å². The van der Waals surface area contributed by atoms with Crippen molar-refractivity contribution in [3.05, 3.63) is 86.3 Å². The molecule has 0 radical (unpaired) electrons. The van der Waals surface area contributed by atoms with Crippen molar-refractivity contribution in [2.24, 2.45) is 0 Å². The minimum Gasteiger partial charge on any atom is -0.490 e. The van der Waals surface area contributed by atoms with Crippen molar-refractivity contribution in [1.29, 1.82) is 0 Å². The van der Waals surface area contributed by atoms with Crippen LogP contribution in [0.1, 0.15) is 34.0 Å². The predicted octanol–water partition coefficient (Wildman–Crippen LogP) is 6.70. The van der Waals surface area contributed by atoms with E-state index < -0.39 is 5.97 Å². The molecular weight excluding hydrogens is 482 g/mol. The summed E-state index contributed by atoms with van der Waals surface area (Å²) in [6.07, 6.45) is 0. The Hall–Kier alpha value is -2.70. The number of aryl methyl sites for hydroxylation is 1. The molecule has 2 N–H and O–H groups in total. The molecule has 162 valence electrons. The van der Waals surface area contributed by atoms with Gasteiger partial charge in [0, 0.05) is 6.54 Å². The van der Waals surface area contributed by atoms with Crippen molar-refractivity contribution in [2.45, 2.75) is 27.0 Å². The van der Waals surface area contributed by atoms with Crippen molar-refractivity contribution in [3.63, 3.8) is 0 Å². The maximum Gasteiger partial charge on any atom is 0.335 e. The van der Waals surface area contributed by atoms with Crippen molar-refractivity contribution in [2.75, 3.05) is 11.9 Å². The number of nitrogens with one attached hydrogen (secondary N) is 1. The number of halogens is 2. The molecule has 0 atom stereocenters. The summed E-state index contributed by atoms with van der Waals surface area (Å²) in [5.41, 5.74) is 3.91. The summed E-state index contributed by atoms with van der Waals surface area (Å²) in [4.78, 5) is 11.2. The Morgan fingerprint density at radius 2 is 1.81 bits per heavy atom. The van der Waals surface area contributed by atoms with Gasteiger partial charge in [0.15, 0.2) is 11.5 Å². The highest BCUT2D eigenvalue weighted by Crippen LogP contribution is 2.38. The summed E-state index contributed by atoms with van der Waals surface area (Å²) in [6.45, 7) is 5.32. The molecule has 0 unspecified atom stereocenters. The SMILES string of the molecule is CCOc1cc(CNc2cc(C(=O)O)ccc2Cl)cc(Br)c1OCc1ccc(C)cc1. The van der Waals surface area contributed by atoms with E-state index in [0.29, 0.717) is 42.0 Å². The van der Waals surface area contributed by atoms with E-state index in [4.69, 9.17) is 21.1 Å². The molecule has 0 aliphatic carbocycles. The van der Waals surface area contributed by atoms with E-state index in [1.54, 1.807) is 6.07 Å². The lowest BCUT2D eigenvalue weighted by atomic mass is 10.1. The fraction of sp³-hybridized carbons (Fsp3) is 0.208. The Kier molecular flexibility index (Phi) is 7.82. The molecule has 0 saturated heterocycles. The van der Waals surface area contributed by atoms with Crippen LogP contribution >= 0.6 is 27.5 Å². The summed E-state index contributed by atoms with van der Waals surface area (Å²) in [5.74, 6) is 0.263. The monoisotopic (exact) mass is 503 g/mol. The molecule has 0 aliphatic rings. The lowest BCUT2D eigenvalue weighted by Gasteiger charge is -2.16. The Balaban J connectivity index is 1.77. The predicted molar refractivity (Wildman–Crippen MR) is 127 cm³/mol. The smallest absolute Gasteiger partial charge is 0.335 e. The molecule has 0 spiro atoms. The minimum absolute atomic E-state index is 0.169. The largest absolute Gasteiger partial charge is 0.490 e. The Morgan fingerprint density at radius 1 is 1.06 bits per heavy atom. The molecule has 7 heteroatoms.